The molecule has 21 heavy (non-hydrogen) atoms. The molecule has 0 heterocycles. The predicted octanol–water partition coefficient (Wildman–Crippen LogP) is 4.71. The Kier molecular flexibility index (Phi) is 19.9. The van der Waals surface area contributed by atoms with Gasteiger partial charge in [0.25, 0.3) is 10.1 Å². The summed E-state index contributed by atoms with van der Waals surface area (Å²) in [7, 11) is -3.74. The van der Waals surface area contributed by atoms with Crippen molar-refractivity contribution in [3.63, 3.8) is 0 Å². The van der Waals surface area contributed by atoms with Gasteiger partial charge in [0.15, 0.2) is 0 Å². The molecule has 3 nitrogen and oxygen atoms in total. The van der Waals surface area contributed by atoms with Crippen molar-refractivity contribution in [2.24, 2.45) is 0 Å². The normalized spacial score (nSPS) is 11.3. The molecule has 0 radical (unpaired) electrons. The molecule has 0 aromatic heterocycles. The summed E-state index contributed by atoms with van der Waals surface area (Å²) in [4.78, 5) is 0. The number of unbranched alkanes of at least 4 members (excludes halogenated alkanes) is 13. The Morgan fingerprint density at radius 3 is 1.19 bits per heavy atom. The zero-order valence-corrected chi connectivity index (χ0v) is 14.1. The van der Waals surface area contributed by atoms with Crippen LogP contribution in [0.15, 0.2) is 0 Å². The fourth-order valence-corrected chi connectivity index (χ4v) is 3.05. The molecule has 0 aromatic carbocycles. The zero-order valence-electron chi connectivity index (χ0n) is 13.3. The minimum absolute atomic E-state index is 0. The van der Waals surface area contributed by atoms with E-state index in [0.29, 0.717) is 6.42 Å². The summed E-state index contributed by atoms with van der Waals surface area (Å²) in [5.74, 6) is -0.0783. The molecule has 0 saturated heterocycles. The van der Waals surface area contributed by atoms with Crippen LogP contribution in [-0.4, -0.2) is 48.3 Å². The fraction of sp³-hybridized carbons (Fsp3) is 1.00. The van der Waals surface area contributed by atoms with Gasteiger partial charge in [-0.05, 0) is 6.42 Å². The molecular weight excluding hydrogens is 295 g/mol. The van der Waals surface area contributed by atoms with Crippen LogP contribution in [0.4, 0.5) is 0 Å². The van der Waals surface area contributed by atoms with E-state index in [2.05, 4.69) is 6.92 Å². The van der Waals surface area contributed by atoms with Crippen molar-refractivity contribution in [1.29, 1.82) is 0 Å². The molecule has 0 aromatic rings. The van der Waals surface area contributed by atoms with Crippen molar-refractivity contribution in [2.45, 2.75) is 96.8 Å². The van der Waals surface area contributed by atoms with Gasteiger partial charge in [-0.25, -0.2) is 0 Å². The van der Waals surface area contributed by atoms with Crippen molar-refractivity contribution in [3.8, 4) is 0 Å². The third-order valence-electron chi connectivity index (χ3n) is 3.76. The molecule has 0 aliphatic heterocycles. The Morgan fingerprint density at radius 1 is 0.619 bits per heavy atom. The van der Waals surface area contributed by atoms with Crippen LogP contribution >= 0.6 is 0 Å². The first-order chi connectivity index (χ1) is 9.56. The summed E-state index contributed by atoms with van der Waals surface area (Å²) in [5.41, 5.74) is 0. The van der Waals surface area contributed by atoms with E-state index in [1.54, 1.807) is 0 Å². The summed E-state index contributed by atoms with van der Waals surface area (Å²) in [5, 5.41) is 0. The number of hydrogen-bond acceptors (Lipinski definition) is 2. The van der Waals surface area contributed by atoms with Crippen LogP contribution < -0.4 is 0 Å². The second kappa shape index (κ2) is 17.3. The quantitative estimate of drug-likeness (QED) is 0.269. The van der Waals surface area contributed by atoms with Gasteiger partial charge in [-0.2, -0.15) is 8.42 Å². The van der Waals surface area contributed by atoms with Crippen LogP contribution in [0.3, 0.4) is 0 Å². The summed E-state index contributed by atoms with van der Waals surface area (Å²) >= 11 is 0. The molecule has 0 aliphatic rings. The first-order valence-electron chi connectivity index (χ1n) is 8.51. The molecule has 0 saturated carbocycles. The Labute approximate surface area is 154 Å². The van der Waals surface area contributed by atoms with Gasteiger partial charge in [0.05, 0.1) is 5.75 Å². The van der Waals surface area contributed by atoms with E-state index >= 15 is 0 Å². The van der Waals surface area contributed by atoms with Crippen LogP contribution in [0.1, 0.15) is 96.8 Å². The molecule has 0 bridgehead atoms. The summed E-state index contributed by atoms with van der Waals surface area (Å²) < 4.78 is 29.6. The Balaban J connectivity index is 0. The molecule has 0 rings (SSSR count). The van der Waals surface area contributed by atoms with Crippen LogP contribution in [0.5, 0.6) is 0 Å². The van der Waals surface area contributed by atoms with E-state index in [1.807, 2.05) is 0 Å². The van der Waals surface area contributed by atoms with Crippen LogP contribution in [0.25, 0.3) is 0 Å². The van der Waals surface area contributed by atoms with E-state index in [4.69, 9.17) is 4.55 Å². The average molecular weight is 331 g/mol. The van der Waals surface area contributed by atoms with Crippen molar-refractivity contribution < 1.29 is 13.0 Å². The van der Waals surface area contributed by atoms with Crippen LogP contribution in [0.2, 0.25) is 0 Å². The Morgan fingerprint density at radius 2 is 0.905 bits per heavy atom. The van der Waals surface area contributed by atoms with E-state index in [9.17, 15) is 8.42 Å². The number of hydrogen-bond donors (Lipinski definition) is 1. The average Bonchev–Trinajstić information content (AvgIpc) is 2.38. The van der Waals surface area contributed by atoms with E-state index in [-0.39, 0.29) is 35.3 Å². The second-order valence-electron chi connectivity index (χ2n) is 5.88. The van der Waals surface area contributed by atoms with Crippen molar-refractivity contribution in [3.05, 3.63) is 0 Å². The summed E-state index contributed by atoms with van der Waals surface area (Å²) in [6.45, 7) is 2.25. The van der Waals surface area contributed by atoms with Crippen molar-refractivity contribution in [2.75, 3.05) is 5.75 Å². The first kappa shape index (κ1) is 24.2. The van der Waals surface area contributed by atoms with E-state index < -0.39 is 10.1 Å². The Bertz CT molecular complexity index is 292. The second-order valence-corrected chi connectivity index (χ2v) is 7.45. The zero-order chi connectivity index (χ0) is 15.1. The van der Waals surface area contributed by atoms with E-state index in [0.717, 1.165) is 12.8 Å². The summed E-state index contributed by atoms with van der Waals surface area (Å²) in [6.07, 6.45) is 17.4. The van der Waals surface area contributed by atoms with Gasteiger partial charge in [0, 0.05) is 0 Å². The Hall–Kier alpha value is 0.910. The molecular formula is C16H35NaO3S. The standard InChI is InChI=1S/C16H34O3S.Na.H/c1-2-3-4-5-6-7-8-9-10-11-12-13-14-15-16-20(17,18)19;;/h2-16H2,1H3,(H,17,18,19);;. The van der Waals surface area contributed by atoms with Gasteiger partial charge in [-0.3, -0.25) is 4.55 Å². The molecule has 0 atom stereocenters. The molecule has 0 unspecified atom stereocenters. The van der Waals surface area contributed by atoms with Gasteiger partial charge in [0.2, 0.25) is 0 Å². The minimum atomic E-state index is -3.74. The maximum atomic E-state index is 10.5. The van der Waals surface area contributed by atoms with Gasteiger partial charge in [0.1, 0.15) is 0 Å². The third-order valence-corrected chi connectivity index (χ3v) is 4.56. The third kappa shape index (κ3) is 23.3. The van der Waals surface area contributed by atoms with Gasteiger partial charge < -0.3 is 0 Å². The number of rotatable bonds is 15. The van der Waals surface area contributed by atoms with Crippen LogP contribution in [0, 0.1) is 0 Å². The molecule has 0 amide bonds. The van der Waals surface area contributed by atoms with Crippen LogP contribution in [-0.2, 0) is 10.1 Å². The SMILES string of the molecule is CCCCCCCCCCCCCCCCS(=O)(=O)O.[NaH]. The molecule has 0 fully saturated rings. The van der Waals surface area contributed by atoms with Crippen molar-refractivity contribution in [1.82, 2.24) is 0 Å². The van der Waals surface area contributed by atoms with Gasteiger partial charge in [-0.1, -0.05) is 90.4 Å². The van der Waals surface area contributed by atoms with Crippen molar-refractivity contribution >= 4 is 39.7 Å². The predicted molar refractivity (Wildman–Crippen MR) is 93.9 cm³/mol. The molecule has 124 valence electrons. The topological polar surface area (TPSA) is 54.4 Å². The molecule has 0 spiro atoms. The fourth-order valence-electron chi connectivity index (χ4n) is 2.48. The van der Waals surface area contributed by atoms with Gasteiger partial charge in [-0.15, -0.1) is 0 Å². The summed E-state index contributed by atoms with van der Waals surface area (Å²) in [6, 6.07) is 0. The molecule has 5 heteroatoms. The maximum absolute atomic E-state index is 10.5. The first-order valence-corrected chi connectivity index (χ1v) is 10.1. The molecule has 0 aliphatic carbocycles. The molecule has 1 N–H and O–H groups in total. The monoisotopic (exact) mass is 330 g/mol. The van der Waals surface area contributed by atoms with E-state index in [1.165, 1.54) is 70.6 Å². The van der Waals surface area contributed by atoms with Gasteiger partial charge >= 0.3 is 29.6 Å².